The SMILES string of the molecule is CCNC(=NCc1cccs1)NCC(C)Cn1cccn1. The highest BCUT2D eigenvalue weighted by Crippen LogP contribution is 2.09. The van der Waals surface area contributed by atoms with E-state index in [4.69, 9.17) is 0 Å². The van der Waals surface area contributed by atoms with Crippen molar-refractivity contribution in [3.63, 3.8) is 0 Å². The molecule has 2 aromatic rings. The number of guanidine groups is 1. The van der Waals surface area contributed by atoms with E-state index in [1.54, 1.807) is 11.3 Å². The van der Waals surface area contributed by atoms with Gasteiger partial charge >= 0.3 is 0 Å². The average molecular weight is 305 g/mol. The smallest absolute Gasteiger partial charge is 0.191 e. The van der Waals surface area contributed by atoms with Crippen LogP contribution in [0, 0.1) is 5.92 Å². The maximum atomic E-state index is 4.61. The van der Waals surface area contributed by atoms with Crippen molar-refractivity contribution in [2.75, 3.05) is 13.1 Å². The van der Waals surface area contributed by atoms with Gasteiger partial charge in [-0.2, -0.15) is 5.10 Å². The van der Waals surface area contributed by atoms with E-state index in [0.717, 1.165) is 32.1 Å². The fraction of sp³-hybridized carbons (Fsp3) is 0.467. The van der Waals surface area contributed by atoms with Crippen molar-refractivity contribution in [1.82, 2.24) is 20.4 Å². The molecule has 2 rings (SSSR count). The van der Waals surface area contributed by atoms with E-state index in [1.807, 2.05) is 23.1 Å². The van der Waals surface area contributed by atoms with Crippen molar-refractivity contribution < 1.29 is 0 Å². The lowest BCUT2D eigenvalue weighted by atomic mass is 10.2. The summed E-state index contributed by atoms with van der Waals surface area (Å²) >= 11 is 1.74. The van der Waals surface area contributed by atoms with Gasteiger partial charge in [0.25, 0.3) is 0 Å². The van der Waals surface area contributed by atoms with Gasteiger partial charge in [0.2, 0.25) is 0 Å². The van der Waals surface area contributed by atoms with Crippen LogP contribution in [0.2, 0.25) is 0 Å². The second-order valence-corrected chi connectivity index (χ2v) is 6.02. The van der Waals surface area contributed by atoms with E-state index in [1.165, 1.54) is 4.88 Å². The topological polar surface area (TPSA) is 54.2 Å². The molecule has 0 aromatic carbocycles. The third kappa shape index (κ3) is 5.59. The van der Waals surface area contributed by atoms with E-state index in [0.29, 0.717) is 5.92 Å². The summed E-state index contributed by atoms with van der Waals surface area (Å²) in [6.07, 6.45) is 3.80. The van der Waals surface area contributed by atoms with E-state index >= 15 is 0 Å². The lowest BCUT2D eigenvalue weighted by molar-refractivity contribution is 0.443. The Morgan fingerprint density at radius 3 is 3.00 bits per heavy atom. The first-order chi connectivity index (χ1) is 10.3. The van der Waals surface area contributed by atoms with Crippen LogP contribution in [0.4, 0.5) is 0 Å². The number of aromatic nitrogens is 2. The zero-order chi connectivity index (χ0) is 14.9. The molecule has 0 saturated heterocycles. The number of thiophene rings is 1. The van der Waals surface area contributed by atoms with Gasteiger partial charge in [-0.05, 0) is 30.4 Å². The predicted molar refractivity (Wildman–Crippen MR) is 88.5 cm³/mol. The molecule has 21 heavy (non-hydrogen) atoms. The first kappa shape index (κ1) is 15.6. The molecule has 0 bridgehead atoms. The van der Waals surface area contributed by atoms with E-state index < -0.39 is 0 Å². The van der Waals surface area contributed by atoms with Crippen LogP contribution in [-0.2, 0) is 13.1 Å². The molecule has 0 aliphatic rings. The standard InChI is InChI=1S/C15H23N5S/c1-3-16-15(18-11-14-6-4-9-21-14)17-10-13(2)12-20-8-5-7-19-20/h4-9,13H,3,10-12H2,1-2H3,(H2,16,17,18). The summed E-state index contributed by atoms with van der Waals surface area (Å²) in [5.41, 5.74) is 0. The van der Waals surface area contributed by atoms with E-state index in [2.05, 4.69) is 52.1 Å². The Morgan fingerprint density at radius 1 is 1.43 bits per heavy atom. The maximum Gasteiger partial charge on any atom is 0.191 e. The average Bonchev–Trinajstić information content (AvgIpc) is 3.15. The minimum atomic E-state index is 0.482. The van der Waals surface area contributed by atoms with Crippen LogP contribution in [0.15, 0.2) is 41.0 Å². The summed E-state index contributed by atoms with van der Waals surface area (Å²) in [6, 6.07) is 6.12. The van der Waals surface area contributed by atoms with Gasteiger partial charge in [-0.1, -0.05) is 13.0 Å². The van der Waals surface area contributed by atoms with Crippen LogP contribution in [0.25, 0.3) is 0 Å². The third-order valence-corrected chi connectivity index (χ3v) is 3.85. The van der Waals surface area contributed by atoms with Gasteiger partial charge in [-0.25, -0.2) is 4.99 Å². The highest BCUT2D eigenvalue weighted by Gasteiger charge is 2.05. The summed E-state index contributed by atoms with van der Waals surface area (Å²) in [4.78, 5) is 5.88. The molecule has 2 heterocycles. The van der Waals surface area contributed by atoms with Crippen molar-refractivity contribution in [1.29, 1.82) is 0 Å². The van der Waals surface area contributed by atoms with Crippen LogP contribution in [0.3, 0.4) is 0 Å². The van der Waals surface area contributed by atoms with Gasteiger partial charge in [-0.3, -0.25) is 4.68 Å². The molecule has 0 aliphatic heterocycles. The number of aliphatic imine (C=N–C) groups is 1. The Balaban J connectivity index is 1.80. The van der Waals surface area contributed by atoms with E-state index in [-0.39, 0.29) is 0 Å². The molecule has 0 spiro atoms. The molecule has 114 valence electrons. The normalized spacial score (nSPS) is 13.1. The van der Waals surface area contributed by atoms with Gasteiger partial charge in [0.05, 0.1) is 6.54 Å². The Hall–Kier alpha value is -1.82. The summed E-state index contributed by atoms with van der Waals surface area (Å²) < 4.78 is 1.96. The fourth-order valence-corrected chi connectivity index (χ4v) is 2.59. The van der Waals surface area contributed by atoms with Crippen LogP contribution in [-0.4, -0.2) is 28.8 Å². The lowest BCUT2D eigenvalue weighted by Crippen LogP contribution is -2.40. The number of hydrogen-bond donors (Lipinski definition) is 2. The van der Waals surface area contributed by atoms with Crippen molar-refractivity contribution in [2.45, 2.75) is 26.9 Å². The van der Waals surface area contributed by atoms with Gasteiger partial charge in [0, 0.05) is 36.9 Å². The molecule has 1 unspecified atom stereocenters. The van der Waals surface area contributed by atoms with Crippen LogP contribution < -0.4 is 10.6 Å². The Bertz CT molecular complexity index is 518. The molecule has 0 aliphatic carbocycles. The third-order valence-electron chi connectivity index (χ3n) is 2.99. The monoisotopic (exact) mass is 305 g/mol. The molecule has 2 aromatic heterocycles. The highest BCUT2D eigenvalue weighted by atomic mass is 32.1. The molecule has 5 nitrogen and oxygen atoms in total. The Morgan fingerprint density at radius 2 is 2.33 bits per heavy atom. The number of rotatable bonds is 7. The molecule has 0 saturated carbocycles. The molecule has 6 heteroatoms. The molecule has 0 amide bonds. The largest absolute Gasteiger partial charge is 0.357 e. The first-order valence-electron chi connectivity index (χ1n) is 7.30. The van der Waals surface area contributed by atoms with Gasteiger partial charge in [0.1, 0.15) is 0 Å². The second kappa shape index (κ2) is 8.46. The zero-order valence-corrected chi connectivity index (χ0v) is 13.4. The zero-order valence-electron chi connectivity index (χ0n) is 12.6. The van der Waals surface area contributed by atoms with Crippen molar-refractivity contribution >= 4 is 17.3 Å². The van der Waals surface area contributed by atoms with Crippen molar-refractivity contribution in [3.8, 4) is 0 Å². The van der Waals surface area contributed by atoms with E-state index in [9.17, 15) is 0 Å². The Kier molecular flexibility index (Phi) is 6.27. The molecular formula is C15H23N5S. The van der Waals surface area contributed by atoms with Crippen molar-refractivity contribution in [3.05, 3.63) is 40.8 Å². The van der Waals surface area contributed by atoms with Crippen LogP contribution in [0.1, 0.15) is 18.7 Å². The quantitative estimate of drug-likeness (QED) is 0.610. The predicted octanol–water partition coefficient (Wildman–Crippen LogP) is 2.34. The maximum absolute atomic E-state index is 4.61. The van der Waals surface area contributed by atoms with Crippen LogP contribution >= 0.6 is 11.3 Å². The molecule has 1 atom stereocenters. The van der Waals surface area contributed by atoms with Gasteiger partial charge in [-0.15, -0.1) is 11.3 Å². The number of nitrogens with zero attached hydrogens (tertiary/aromatic N) is 3. The fourth-order valence-electron chi connectivity index (χ4n) is 1.96. The molecule has 2 N–H and O–H groups in total. The molecule has 0 fully saturated rings. The van der Waals surface area contributed by atoms with Crippen molar-refractivity contribution in [2.24, 2.45) is 10.9 Å². The summed E-state index contributed by atoms with van der Waals surface area (Å²) in [5.74, 6) is 1.36. The highest BCUT2D eigenvalue weighted by molar-refractivity contribution is 7.09. The summed E-state index contributed by atoms with van der Waals surface area (Å²) in [5, 5.41) is 13.0. The minimum Gasteiger partial charge on any atom is -0.357 e. The van der Waals surface area contributed by atoms with Gasteiger partial charge < -0.3 is 10.6 Å². The number of nitrogens with one attached hydrogen (secondary N) is 2. The summed E-state index contributed by atoms with van der Waals surface area (Å²) in [7, 11) is 0. The van der Waals surface area contributed by atoms with Crippen LogP contribution in [0.5, 0.6) is 0 Å². The molecule has 0 radical (unpaired) electrons. The lowest BCUT2D eigenvalue weighted by Gasteiger charge is -2.15. The van der Waals surface area contributed by atoms with Gasteiger partial charge in [0.15, 0.2) is 5.96 Å². The summed E-state index contributed by atoms with van der Waals surface area (Å²) in [6.45, 7) is 7.65. The molecular weight excluding hydrogens is 282 g/mol. The Labute approximate surface area is 130 Å². The first-order valence-corrected chi connectivity index (χ1v) is 8.18. The second-order valence-electron chi connectivity index (χ2n) is 4.99. The number of hydrogen-bond acceptors (Lipinski definition) is 3. The minimum absolute atomic E-state index is 0.482.